The molecule has 0 bridgehead atoms. The van der Waals surface area contributed by atoms with Gasteiger partial charge in [-0.25, -0.2) is 23.2 Å². The zero-order valence-electron chi connectivity index (χ0n) is 18.8. The van der Waals surface area contributed by atoms with Crippen molar-refractivity contribution in [2.75, 3.05) is 57.0 Å². The fourth-order valence-electron chi connectivity index (χ4n) is 3.61. The summed E-state index contributed by atoms with van der Waals surface area (Å²) in [6, 6.07) is 0. The Morgan fingerprint density at radius 1 is 1.06 bits per heavy atom. The van der Waals surface area contributed by atoms with Gasteiger partial charge in [-0.05, 0) is 39.5 Å². The van der Waals surface area contributed by atoms with E-state index in [-0.39, 0.29) is 6.09 Å². The van der Waals surface area contributed by atoms with E-state index in [1.807, 2.05) is 25.7 Å². The Kier molecular flexibility index (Phi) is 7.25. The SMILES string of the molecule is CC(C)(C)OC(=O)N1CCC(COc2cnc(N3CCN(S(C)(=O)=O)CC3)cn2)CC1. The number of hydrogen-bond donors (Lipinski definition) is 0. The molecule has 1 aromatic rings. The average molecular weight is 456 g/mol. The summed E-state index contributed by atoms with van der Waals surface area (Å²) in [5, 5.41) is 0. The molecule has 0 atom stereocenters. The number of piperidine rings is 1. The molecule has 3 rings (SSSR count). The molecule has 2 saturated heterocycles. The number of likely N-dealkylation sites (tertiary alicyclic amines) is 1. The second kappa shape index (κ2) is 9.56. The van der Waals surface area contributed by atoms with Gasteiger partial charge in [-0.15, -0.1) is 0 Å². The summed E-state index contributed by atoms with van der Waals surface area (Å²) >= 11 is 0. The summed E-state index contributed by atoms with van der Waals surface area (Å²) in [6.45, 7) is 9.51. The maximum Gasteiger partial charge on any atom is 0.410 e. The smallest absolute Gasteiger partial charge is 0.410 e. The van der Waals surface area contributed by atoms with E-state index in [1.165, 1.54) is 10.6 Å². The number of anilines is 1. The Labute approximate surface area is 184 Å². The van der Waals surface area contributed by atoms with Crippen LogP contribution in [0.2, 0.25) is 0 Å². The van der Waals surface area contributed by atoms with Crippen LogP contribution in [0.25, 0.3) is 0 Å². The molecule has 10 nitrogen and oxygen atoms in total. The number of nitrogens with zero attached hydrogens (tertiary/aromatic N) is 5. The van der Waals surface area contributed by atoms with E-state index in [9.17, 15) is 13.2 Å². The van der Waals surface area contributed by atoms with Gasteiger partial charge in [-0.1, -0.05) is 0 Å². The second-order valence-electron chi connectivity index (χ2n) is 9.08. The third-order valence-electron chi connectivity index (χ3n) is 5.38. The zero-order chi connectivity index (χ0) is 22.6. The van der Waals surface area contributed by atoms with Crippen LogP contribution in [-0.4, -0.2) is 91.4 Å². The molecule has 0 spiro atoms. The summed E-state index contributed by atoms with van der Waals surface area (Å²) in [5.41, 5.74) is -0.483. The van der Waals surface area contributed by atoms with E-state index < -0.39 is 15.6 Å². The van der Waals surface area contributed by atoms with Crippen LogP contribution in [-0.2, 0) is 14.8 Å². The third kappa shape index (κ3) is 6.93. The van der Waals surface area contributed by atoms with Gasteiger partial charge in [0, 0.05) is 39.3 Å². The topological polar surface area (TPSA) is 105 Å². The van der Waals surface area contributed by atoms with Crippen LogP contribution in [0.3, 0.4) is 0 Å². The Morgan fingerprint density at radius 3 is 2.23 bits per heavy atom. The lowest BCUT2D eigenvalue weighted by Crippen LogP contribution is -2.48. The van der Waals surface area contributed by atoms with Crippen LogP contribution in [0, 0.1) is 5.92 Å². The molecule has 0 unspecified atom stereocenters. The molecule has 3 heterocycles. The van der Waals surface area contributed by atoms with Crippen molar-refractivity contribution in [2.45, 2.75) is 39.2 Å². The number of rotatable bonds is 5. The van der Waals surface area contributed by atoms with Gasteiger partial charge in [0.2, 0.25) is 15.9 Å². The van der Waals surface area contributed by atoms with Crippen molar-refractivity contribution in [1.29, 1.82) is 0 Å². The van der Waals surface area contributed by atoms with Crippen molar-refractivity contribution in [2.24, 2.45) is 5.92 Å². The van der Waals surface area contributed by atoms with E-state index in [0.29, 0.717) is 63.5 Å². The molecule has 31 heavy (non-hydrogen) atoms. The first-order valence-corrected chi connectivity index (χ1v) is 12.5. The van der Waals surface area contributed by atoms with Gasteiger partial charge in [0.15, 0.2) is 0 Å². The molecule has 0 saturated carbocycles. The highest BCUT2D eigenvalue weighted by atomic mass is 32.2. The lowest BCUT2D eigenvalue weighted by atomic mass is 9.98. The van der Waals surface area contributed by atoms with Crippen LogP contribution >= 0.6 is 0 Å². The second-order valence-corrected chi connectivity index (χ2v) is 11.1. The summed E-state index contributed by atoms with van der Waals surface area (Å²) in [4.78, 5) is 24.7. The first-order chi connectivity index (χ1) is 14.5. The lowest BCUT2D eigenvalue weighted by molar-refractivity contribution is 0.0164. The normalized spacial score (nSPS) is 19.4. The van der Waals surface area contributed by atoms with Crippen molar-refractivity contribution >= 4 is 21.9 Å². The molecule has 2 fully saturated rings. The monoisotopic (exact) mass is 455 g/mol. The first kappa shape index (κ1) is 23.5. The average Bonchev–Trinajstić information content (AvgIpc) is 2.71. The highest BCUT2D eigenvalue weighted by Crippen LogP contribution is 2.21. The molecule has 0 radical (unpaired) electrons. The predicted molar refractivity (Wildman–Crippen MR) is 117 cm³/mol. The number of carbonyl (C=O) groups is 1. The van der Waals surface area contributed by atoms with Crippen LogP contribution < -0.4 is 9.64 Å². The molecule has 0 N–H and O–H groups in total. The molecule has 174 valence electrons. The number of aromatic nitrogens is 2. The van der Waals surface area contributed by atoms with Crippen LogP contribution in [0.1, 0.15) is 33.6 Å². The molecule has 1 amide bonds. The molecule has 1 aromatic heterocycles. The minimum atomic E-state index is -3.15. The van der Waals surface area contributed by atoms with Crippen molar-refractivity contribution in [1.82, 2.24) is 19.2 Å². The van der Waals surface area contributed by atoms with Crippen molar-refractivity contribution in [3.05, 3.63) is 12.4 Å². The zero-order valence-corrected chi connectivity index (χ0v) is 19.6. The number of carbonyl (C=O) groups excluding carboxylic acids is 1. The summed E-state index contributed by atoms with van der Waals surface area (Å²) < 4.78 is 36.0. The lowest BCUT2D eigenvalue weighted by Gasteiger charge is -2.34. The first-order valence-electron chi connectivity index (χ1n) is 10.6. The highest BCUT2D eigenvalue weighted by molar-refractivity contribution is 7.88. The Balaban J connectivity index is 1.41. The van der Waals surface area contributed by atoms with Crippen LogP contribution in [0.4, 0.5) is 10.6 Å². The van der Waals surface area contributed by atoms with E-state index in [2.05, 4.69) is 9.97 Å². The molecular weight excluding hydrogens is 422 g/mol. The summed E-state index contributed by atoms with van der Waals surface area (Å²) in [5.74, 6) is 1.53. The minimum Gasteiger partial charge on any atom is -0.476 e. The van der Waals surface area contributed by atoms with Gasteiger partial charge in [-0.3, -0.25) is 0 Å². The van der Waals surface area contributed by atoms with Gasteiger partial charge in [0.1, 0.15) is 11.4 Å². The Bertz CT molecular complexity index is 840. The third-order valence-corrected chi connectivity index (χ3v) is 6.68. The van der Waals surface area contributed by atoms with E-state index in [1.54, 1.807) is 17.3 Å². The standard InChI is InChI=1S/C20H33N5O5S/c1-20(2,3)30-19(26)24-7-5-16(6-8-24)15-29-18-14-21-17(13-22-18)23-9-11-25(12-10-23)31(4,27)28/h13-14,16H,5-12,15H2,1-4H3. The van der Waals surface area contributed by atoms with Crippen molar-refractivity contribution in [3.63, 3.8) is 0 Å². The maximum absolute atomic E-state index is 12.1. The largest absolute Gasteiger partial charge is 0.476 e. The van der Waals surface area contributed by atoms with Gasteiger partial charge < -0.3 is 19.3 Å². The van der Waals surface area contributed by atoms with Gasteiger partial charge in [-0.2, -0.15) is 4.31 Å². The maximum atomic E-state index is 12.1. The Morgan fingerprint density at radius 2 is 1.71 bits per heavy atom. The van der Waals surface area contributed by atoms with E-state index in [4.69, 9.17) is 9.47 Å². The fraction of sp³-hybridized carbons (Fsp3) is 0.750. The van der Waals surface area contributed by atoms with Gasteiger partial charge in [0.25, 0.3) is 0 Å². The predicted octanol–water partition coefficient (Wildman–Crippen LogP) is 1.58. The minimum absolute atomic E-state index is 0.259. The van der Waals surface area contributed by atoms with Gasteiger partial charge >= 0.3 is 6.09 Å². The molecule has 2 aliphatic rings. The van der Waals surface area contributed by atoms with E-state index in [0.717, 1.165) is 12.8 Å². The van der Waals surface area contributed by atoms with Crippen molar-refractivity contribution in [3.8, 4) is 5.88 Å². The molecule has 2 aliphatic heterocycles. The molecule has 0 aliphatic carbocycles. The quantitative estimate of drug-likeness (QED) is 0.659. The van der Waals surface area contributed by atoms with Crippen molar-refractivity contribution < 1.29 is 22.7 Å². The van der Waals surface area contributed by atoms with Gasteiger partial charge in [0.05, 0.1) is 25.3 Å². The van der Waals surface area contributed by atoms with E-state index >= 15 is 0 Å². The van der Waals surface area contributed by atoms with Crippen LogP contribution in [0.15, 0.2) is 12.4 Å². The fourth-order valence-corrected chi connectivity index (χ4v) is 4.43. The number of piperazine rings is 1. The summed E-state index contributed by atoms with van der Waals surface area (Å²) in [7, 11) is -3.15. The number of ether oxygens (including phenoxy) is 2. The molecule has 0 aromatic carbocycles. The number of sulfonamides is 1. The highest BCUT2D eigenvalue weighted by Gasteiger charge is 2.27. The number of amides is 1. The molecular formula is C20H33N5O5S. The summed E-state index contributed by atoms with van der Waals surface area (Å²) in [6.07, 6.45) is 5.96. The number of hydrogen-bond acceptors (Lipinski definition) is 8. The van der Waals surface area contributed by atoms with Crippen LogP contribution in [0.5, 0.6) is 5.88 Å². The molecule has 11 heteroatoms. The Hall–Kier alpha value is -2.14.